The Morgan fingerprint density at radius 2 is 2.17 bits per heavy atom. The molecule has 7 nitrogen and oxygen atoms in total. The van der Waals surface area contributed by atoms with Crippen molar-refractivity contribution in [3.05, 3.63) is 26.6 Å². The van der Waals surface area contributed by atoms with Crippen LogP contribution in [0.15, 0.2) is 9.95 Å². The van der Waals surface area contributed by atoms with E-state index in [-0.39, 0.29) is 17.4 Å². The van der Waals surface area contributed by atoms with Crippen LogP contribution in [0, 0.1) is 19.8 Å². The van der Waals surface area contributed by atoms with Crippen LogP contribution in [-0.4, -0.2) is 31.4 Å². The lowest BCUT2D eigenvalue weighted by atomic mass is 10.1. The monoisotopic (exact) mass is 351 g/mol. The van der Waals surface area contributed by atoms with Crippen LogP contribution in [-0.2, 0) is 17.8 Å². The van der Waals surface area contributed by atoms with Gasteiger partial charge in [-0.15, -0.1) is 10.2 Å². The summed E-state index contributed by atoms with van der Waals surface area (Å²) in [6.45, 7) is 5.99. The average molecular weight is 351 g/mol. The molecule has 2 aromatic heterocycles. The lowest BCUT2D eigenvalue weighted by Crippen LogP contribution is -2.38. The van der Waals surface area contributed by atoms with Crippen molar-refractivity contribution in [2.24, 2.45) is 5.92 Å². The van der Waals surface area contributed by atoms with Crippen LogP contribution in [0.4, 0.5) is 5.13 Å². The molecule has 0 radical (unpaired) electrons. The quantitative estimate of drug-likeness (QED) is 0.846. The van der Waals surface area contributed by atoms with E-state index in [0.717, 1.165) is 16.3 Å². The molecule has 0 spiro atoms. The number of nitrogens with zero attached hydrogens (tertiary/aromatic N) is 4. The van der Waals surface area contributed by atoms with Crippen molar-refractivity contribution in [2.75, 3.05) is 11.1 Å². The minimum absolute atomic E-state index is 0.0354. The number of amides is 1. The minimum atomic E-state index is -0.288. The Labute approximate surface area is 141 Å². The van der Waals surface area contributed by atoms with Crippen LogP contribution in [0.5, 0.6) is 0 Å². The van der Waals surface area contributed by atoms with E-state index in [9.17, 15) is 9.59 Å². The SMILES string of the molecule is CCc1c(C)nc2n(c1=O)CC(C(=O)Nc1nnc(C)s1)CS2. The van der Waals surface area contributed by atoms with Gasteiger partial charge in [0, 0.05) is 23.6 Å². The van der Waals surface area contributed by atoms with Crippen molar-refractivity contribution >= 4 is 34.1 Å². The molecular formula is C14H17N5O2S2. The number of anilines is 1. The van der Waals surface area contributed by atoms with Gasteiger partial charge in [0.1, 0.15) is 5.01 Å². The van der Waals surface area contributed by atoms with Gasteiger partial charge in [0.25, 0.3) is 5.56 Å². The highest BCUT2D eigenvalue weighted by Crippen LogP contribution is 2.27. The maximum absolute atomic E-state index is 12.6. The van der Waals surface area contributed by atoms with Crippen molar-refractivity contribution in [3.8, 4) is 0 Å². The molecule has 1 aliphatic heterocycles. The molecule has 1 N–H and O–H groups in total. The second-order valence-corrected chi connectivity index (χ2v) is 7.52. The van der Waals surface area contributed by atoms with Gasteiger partial charge in [0.05, 0.1) is 5.92 Å². The molecule has 9 heteroatoms. The van der Waals surface area contributed by atoms with Gasteiger partial charge in [-0.05, 0) is 20.3 Å². The molecule has 1 atom stereocenters. The van der Waals surface area contributed by atoms with Gasteiger partial charge in [-0.25, -0.2) is 4.98 Å². The summed E-state index contributed by atoms with van der Waals surface area (Å²) < 4.78 is 1.62. The molecule has 23 heavy (non-hydrogen) atoms. The molecular weight excluding hydrogens is 334 g/mol. The van der Waals surface area contributed by atoms with Crippen LogP contribution in [0.3, 0.4) is 0 Å². The third-order valence-corrected chi connectivity index (χ3v) is 5.62. The smallest absolute Gasteiger partial charge is 0.257 e. The molecule has 122 valence electrons. The molecule has 0 aromatic carbocycles. The fourth-order valence-electron chi connectivity index (χ4n) is 2.52. The van der Waals surface area contributed by atoms with E-state index >= 15 is 0 Å². The topological polar surface area (TPSA) is 89.8 Å². The van der Waals surface area contributed by atoms with Crippen LogP contribution in [0.1, 0.15) is 23.2 Å². The van der Waals surface area contributed by atoms with E-state index in [1.54, 1.807) is 4.57 Å². The van der Waals surface area contributed by atoms with Crippen LogP contribution >= 0.6 is 23.1 Å². The number of nitrogens with one attached hydrogen (secondary N) is 1. The number of carbonyl (C=O) groups is 1. The standard InChI is InChI=1S/C14H17N5O2S2/c1-4-10-7(2)15-14-19(12(10)21)5-9(6-22-14)11(20)16-13-18-17-8(3)23-13/h9H,4-6H2,1-3H3,(H,16,18,20). The zero-order chi connectivity index (χ0) is 16.6. The summed E-state index contributed by atoms with van der Waals surface area (Å²) in [6.07, 6.45) is 0.642. The average Bonchev–Trinajstić information content (AvgIpc) is 2.92. The number of rotatable bonds is 3. The van der Waals surface area contributed by atoms with Crippen LogP contribution in [0.2, 0.25) is 0 Å². The highest BCUT2D eigenvalue weighted by atomic mass is 32.2. The number of carbonyl (C=O) groups excluding carboxylic acids is 1. The van der Waals surface area contributed by atoms with Crippen molar-refractivity contribution in [2.45, 2.75) is 38.9 Å². The molecule has 0 aliphatic carbocycles. The van der Waals surface area contributed by atoms with Gasteiger partial charge in [-0.3, -0.25) is 14.2 Å². The molecule has 0 saturated heterocycles. The highest BCUT2D eigenvalue weighted by molar-refractivity contribution is 7.99. The molecule has 0 bridgehead atoms. The lowest BCUT2D eigenvalue weighted by molar-refractivity contribution is -0.119. The zero-order valence-corrected chi connectivity index (χ0v) is 14.8. The number of aromatic nitrogens is 4. The van der Waals surface area contributed by atoms with Crippen LogP contribution in [0.25, 0.3) is 0 Å². The normalized spacial score (nSPS) is 16.9. The highest BCUT2D eigenvalue weighted by Gasteiger charge is 2.28. The van der Waals surface area contributed by atoms with Crippen molar-refractivity contribution in [3.63, 3.8) is 0 Å². The molecule has 3 rings (SSSR count). The Morgan fingerprint density at radius 3 is 2.83 bits per heavy atom. The lowest BCUT2D eigenvalue weighted by Gasteiger charge is -2.24. The summed E-state index contributed by atoms with van der Waals surface area (Å²) in [5, 5.41) is 12.5. The zero-order valence-electron chi connectivity index (χ0n) is 13.1. The van der Waals surface area contributed by atoms with Crippen molar-refractivity contribution in [1.29, 1.82) is 0 Å². The number of hydrogen-bond acceptors (Lipinski definition) is 7. The van der Waals surface area contributed by atoms with E-state index < -0.39 is 0 Å². The maximum Gasteiger partial charge on any atom is 0.257 e. The Kier molecular flexibility index (Phi) is 4.49. The number of fused-ring (bicyclic) bond motifs is 1. The first-order valence-electron chi connectivity index (χ1n) is 7.33. The fourth-order valence-corrected chi connectivity index (χ4v) is 4.23. The molecule has 2 aromatic rings. The van der Waals surface area contributed by atoms with Crippen molar-refractivity contribution in [1.82, 2.24) is 19.7 Å². The summed E-state index contributed by atoms with van der Waals surface area (Å²) in [5.74, 6) is 0.175. The summed E-state index contributed by atoms with van der Waals surface area (Å²) in [6, 6.07) is 0. The second-order valence-electron chi connectivity index (χ2n) is 5.35. The first-order chi connectivity index (χ1) is 11.0. The Morgan fingerprint density at radius 1 is 1.39 bits per heavy atom. The first-order valence-corrected chi connectivity index (χ1v) is 9.14. The van der Waals surface area contributed by atoms with E-state index in [1.165, 1.54) is 23.1 Å². The predicted molar refractivity (Wildman–Crippen MR) is 90.1 cm³/mol. The Balaban J connectivity index is 1.82. The third-order valence-electron chi connectivity index (χ3n) is 3.73. The molecule has 1 aliphatic rings. The molecule has 0 saturated carbocycles. The predicted octanol–water partition coefficient (Wildman–Crippen LogP) is 1.63. The van der Waals surface area contributed by atoms with Crippen LogP contribution < -0.4 is 10.9 Å². The maximum atomic E-state index is 12.6. The van der Waals surface area contributed by atoms with Gasteiger partial charge in [0.2, 0.25) is 11.0 Å². The minimum Gasteiger partial charge on any atom is -0.300 e. The fraction of sp³-hybridized carbons (Fsp3) is 0.500. The molecule has 1 amide bonds. The van der Waals surface area contributed by atoms with E-state index in [2.05, 4.69) is 20.5 Å². The largest absolute Gasteiger partial charge is 0.300 e. The van der Waals surface area contributed by atoms with Gasteiger partial charge in [-0.1, -0.05) is 30.0 Å². The summed E-state index contributed by atoms with van der Waals surface area (Å²) in [4.78, 5) is 29.5. The van der Waals surface area contributed by atoms with E-state index in [0.29, 0.717) is 29.0 Å². The molecule has 0 fully saturated rings. The Bertz CT molecular complexity index is 814. The first kappa shape index (κ1) is 16.1. The second kappa shape index (κ2) is 6.40. The number of hydrogen-bond donors (Lipinski definition) is 1. The summed E-state index contributed by atoms with van der Waals surface area (Å²) in [5.41, 5.74) is 1.46. The number of thioether (sulfide) groups is 1. The van der Waals surface area contributed by atoms with E-state index in [1.807, 2.05) is 20.8 Å². The van der Waals surface area contributed by atoms with Gasteiger partial charge < -0.3 is 5.32 Å². The van der Waals surface area contributed by atoms with Crippen molar-refractivity contribution < 1.29 is 4.79 Å². The third kappa shape index (κ3) is 3.16. The number of aryl methyl sites for hydroxylation is 2. The molecule has 1 unspecified atom stereocenters. The van der Waals surface area contributed by atoms with Gasteiger partial charge in [0.15, 0.2) is 5.16 Å². The van der Waals surface area contributed by atoms with Gasteiger partial charge >= 0.3 is 0 Å². The summed E-state index contributed by atoms with van der Waals surface area (Å²) >= 11 is 2.78. The Hall–Kier alpha value is -1.74. The van der Waals surface area contributed by atoms with E-state index in [4.69, 9.17) is 0 Å². The molecule has 3 heterocycles. The summed E-state index contributed by atoms with van der Waals surface area (Å²) in [7, 11) is 0. The van der Waals surface area contributed by atoms with Gasteiger partial charge in [-0.2, -0.15) is 0 Å².